The highest BCUT2D eigenvalue weighted by Gasteiger charge is 2.13. The SMILES string of the molecule is CN=C(NCCCC(C)(C)C)NCC(=O)NC(C)(C)C. The third-order valence-corrected chi connectivity index (χ3v) is 2.55. The monoisotopic (exact) mass is 284 g/mol. The fraction of sp³-hybridized carbons (Fsp3) is 0.867. The molecule has 0 atom stereocenters. The summed E-state index contributed by atoms with van der Waals surface area (Å²) in [5.41, 5.74) is 0.146. The minimum Gasteiger partial charge on any atom is -0.356 e. The van der Waals surface area contributed by atoms with Crippen LogP contribution < -0.4 is 16.0 Å². The van der Waals surface area contributed by atoms with Crippen LogP contribution in [0.2, 0.25) is 0 Å². The fourth-order valence-corrected chi connectivity index (χ4v) is 1.67. The first-order chi connectivity index (χ1) is 9.03. The lowest BCUT2D eigenvalue weighted by molar-refractivity contribution is -0.121. The second kappa shape index (κ2) is 8.12. The number of guanidine groups is 1. The molecule has 0 aromatic rings. The van der Waals surface area contributed by atoms with Crippen molar-refractivity contribution in [3.63, 3.8) is 0 Å². The minimum absolute atomic E-state index is 0.0323. The maximum atomic E-state index is 11.7. The van der Waals surface area contributed by atoms with Gasteiger partial charge in [-0.1, -0.05) is 20.8 Å². The molecule has 1 amide bonds. The first kappa shape index (κ1) is 18.7. The Bertz CT molecular complexity index is 324. The largest absolute Gasteiger partial charge is 0.356 e. The molecule has 0 aromatic heterocycles. The van der Waals surface area contributed by atoms with Gasteiger partial charge in [-0.15, -0.1) is 0 Å². The highest BCUT2D eigenvalue weighted by molar-refractivity contribution is 5.86. The van der Waals surface area contributed by atoms with Crippen LogP contribution in [0.4, 0.5) is 0 Å². The van der Waals surface area contributed by atoms with Crippen molar-refractivity contribution in [2.75, 3.05) is 20.1 Å². The lowest BCUT2D eigenvalue weighted by Gasteiger charge is -2.21. The number of rotatable bonds is 5. The number of carbonyl (C=O) groups is 1. The van der Waals surface area contributed by atoms with Crippen LogP contribution in [-0.4, -0.2) is 37.5 Å². The lowest BCUT2D eigenvalue weighted by atomic mass is 9.91. The average Bonchev–Trinajstić information content (AvgIpc) is 2.24. The van der Waals surface area contributed by atoms with Gasteiger partial charge in [-0.25, -0.2) is 0 Å². The van der Waals surface area contributed by atoms with Gasteiger partial charge in [0.15, 0.2) is 5.96 Å². The van der Waals surface area contributed by atoms with E-state index in [4.69, 9.17) is 0 Å². The predicted molar refractivity (Wildman–Crippen MR) is 85.9 cm³/mol. The van der Waals surface area contributed by atoms with Gasteiger partial charge in [-0.3, -0.25) is 9.79 Å². The molecule has 5 heteroatoms. The molecule has 0 fully saturated rings. The molecule has 0 aliphatic rings. The molecule has 0 aromatic carbocycles. The van der Waals surface area contributed by atoms with Gasteiger partial charge >= 0.3 is 0 Å². The third kappa shape index (κ3) is 11.8. The molecule has 118 valence electrons. The first-order valence-electron chi connectivity index (χ1n) is 7.29. The van der Waals surface area contributed by atoms with Gasteiger partial charge in [-0.2, -0.15) is 0 Å². The molecule has 0 spiro atoms. The van der Waals surface area contributed by atoms with Crippen molar-refractivity contribution in [2.45, 2.75) is 59.9 Å². The van der Waals surface area contributed by atoms with Gasteiger partial charge < -0.3 is 16.0 Å². The predicted octanol–water partition coefficient (Wildman–Crippen LogP) is 1.89. The molecule has 0 aliphatic heterocycles. The Balaban J connectivity index is 3.92. The molecule has 0 heterocycles. The molecule has 3 N–H and O–H groups in total. The molecule has 0 saturated heterocycles. The number of nitrogens with one attached hydrogen (secondary N) is 3. The van der Waals surface area contributed by atoms with Crippen molar-refractivity contribution in [2.24, 2.45) is 10.4 Å². The Morgan fingerprint density at radius 3 is 2.10 bits per heavy atom. The molecular weight excluding hydrogens is 252 g/mol. The molecule has 0 bridgehead atoms. The quantitative estimate of drug-likeness (QED) is 0.410. The molecule has 0 rings (SSSR count). The molecule has 0 aliphatic carbocycles. The number of nitrogens with zero attached hydrogens (tertiary/aromatic N) is 1. The summed E-state index contributed by atoms with van der Waals surface area (Å²) in [6.07, 6.45) is 2.24. The van der Waals surface area contributed by atoms with Crippen molar-refractivity contribution in [1.29, 1.82) is 0 Å². The van der Waals surface area contributed by atoms with Crippen molar-refractivity contribution in [3.05, 3.63) is 0 Å². The summed E-state index contributed by atoms with van der Waals surface area (Å²) in [6.45, 7) is 13.7. The fourth-order valence-electron chi connectivity index (χ4n) is 1.67. The summed E-state index contributed by atoms with van der Waals surface area (Å²) >= 11 is 0. The van der Waals surface area contributed by atoms with Crippen molar-refractivity contribution in [3.8, 4) is 0 Å². The first-order valence-corrected chi connectivity index (χ1v) is 7.29. The highest BCUT2D eigenvalue weighted by atomic mass is 16.2. The van der Waals surface area contributed by atoms with E-state index in [-0.39, 0.29) is 18.0 Å². The molecule has 0 unspecified atom stereocenters. The van der Waals surface area contributed by atoms with Crippen molar-refractivity contribution < 1.29 is 4.79 Å². The zero-order valence-electron chi connectivity index (χ0n) is 14.2. The zero-order valence-corrected chi connectivity index (χ0v) is 14.2. The minimum atomic E-state index is -0.206. The van der Waals surface area contributed by atoms with Crippen LogP contribution in [0.3, 0.4) is 0 Å². The number of hydrogen-bond acceptors (Lipinski definition) is 2. The second-order valence-corrected chi connectivity index (χ2v) is 7.31. The van der Waals surface area contributed by atoms with Crippen molar-refractivity contribution >= 4 is 11.9 Å². The van der Waals surface area contributed by atoms with Crippen LogP contribution >= 0.6 is 0 Å². The van der Waals surface area contributed by atoms with Gasteiger partial charge in [0, 0.05) is 19.1 Å². The van der Waals surface area contributed by atoms with Gasteiger partial charge in [0.25, 0.3) is 0 Å². The maximum absolute atomic E-state index is 11.7. The lowest BCUT2D eigenvalue weighted by Crippen LogP contribution is -2.48. The second-order valence-electron chi connectivity index (χ2n) is 7.31. The molecular formula is C15H32N4O. The summed E-state index contributed by atoms with van der Waals surface area (Å²) in [5, 5.41) is 9.14. The van der Waals surface area contributed by atoms with E-state index in [0.717, 1.165) is 19.4 Å². The smallest absolute Gasteiger partial charge is 0.239 e. The summed E-state index contributed by atoms with van der Waals surface area (Å²) in [5.74, 6) is 0.637. The molecule has 5 nitrogen and oxygen atoms in total. The van der Waals surface area contributed by atoms with Crippen LogP contribution in [0.1, 0.15) is 54.4 Å². The Morgan fingerprint density at radius 2 is 1.65 bits per heavy atom. The summed E-state index contributed by atoms with van der Waals surface area (Å²) in [6, 6.07) is 0. The Labute approximate surface area is 124 Å². The van der Waals surface area contributed by atoms with Gasteiger partial charge in [0.1, 0.15) is 0 Å². The van der Waals surface area contributed by atoms with E-state index in [9.17, 15) is 4.79 Å². The maximum Gasteiger partial charge on any atom is 0.239 e. The number of carbonyl (C=O) groups excluding carboxylic acids is 1. The average molecular weight is 284 g/mol. The summed E-state index contributed by atoms with van der Waals surface area (Å²) in [4.78, 5) is 15.8. The standard InChI is InChI=1S/C15H32N4O/c1-14(2,3)9-8-10-17-13(16-7)18-11-12(20)19-15(4,5)6/h8-11H2,1-7H3,(H,19,20)(H2,16,17,18). The van der Waals surface area contributed by atoms with E-state index in [1.807, 2.05) is 20.8 Å². The molecule has 20 heavy (non-hydrogen) atoms. The van der Waals surface area contributed by atoms with E-state index in [0.29, 0.717) is 11.4 Å². The Morgan fingerprint density at radius 1 is 1.05 bits per heavy atom. The third-order valence-electron chi connectivity index (χ3n) is 2.55. The van der Waals surface area contributed by atoms with E-state index in [1.165, 1.54) is 0 Å². The summed E-state index contributed by atoms with van der Waals surface area (Å²) in [7, 11) is 1.71. The van der Waals surface area contributed by atoms with Crippen LogP contribution in [0.15, 0.2) is 4.99 Å². The normalized spacial score (nSPS) is 13.1. The topological polar surface area (TPSA) is 65.5 Å². The van der Waals surface area contributed by atoms with E-state index < -0.39 is 0 Å². The Hall–Kier alpha value is -1.26. The zero-order chi connectivity index (χ0) is 15.8. The van der Waals surface area contributed by atoms with E-state index >= 15 is 0 Å². The van der Waals surface area contributed by atoms with Gasteiger partial charge in [-0.05, 0) is 39.0 Å². The van der Waals surface area contributed by atoms with Crippen LogP contribution in [-0.2, 0) is 4.79 Å². The number of amides is 1. The van der Waals surface area contributed by atoms with Crippen LogP contribution in [0, 0.1) is 5.41 Å². The van der Waals surface area contributed by atoms with Crippen LogP contribution in [0.25, 0.3) is 0 Å². The van der Waals surface area contributed by atoms with Gasteiger partial charge in [0.2, 0.25) is 5.91 Å². The van der Waals surface area contributed by atoms with Crippen LogP contribution in [0.5, 0.6) is 0 Å². The Kier molecular flexibility index (Phi) is 7.61. The van der Waals surface area contributed by atoms with Gasteiger partial charge in [0.05, 0.1) is 6.54 Å². The van der Waals surface area contributed by atoms with Crippen molar-refractivity contribution in [1.82, 2.24) is 16.0 Å². The highest BCUT2D eigenvalue weighted by Crippen LogP contribution is 2.19. The summed E-state index contributed by atoms with van der Waals surface area (Å²) < 4.78 is 0. The van der Waals surface area contributed by atoms with E-state index in [2.05, 4.69) is 41.7 Å². The number of hydrogen-bond donors (Lipinski definition) is 3. The number of aliphatic imine (C=N–C) groups is 1. The molecule has 0 radical (unpaired) electrons. The molecule has 0 saturated carbocycles. The van der Waals surface area contributed by atoms with E-state index in [1.54, 1.807) is 7.05 Å².